The summed E-state index contributed by atoms with van der Waals surface area (Å²) in [6.07, 6.45) is 0.186. The highest BCUT2D eigenvalue weighted by Gasteiger charge is 2.09. The van der Waals surface area contributed by atoms with Crippen LogP contribution in [-0.4, -0.2) is 10.9 Å². The Kier molecular flexibility index (Phi) is 3.72. The molecule has 0 fully saturated rings. The monoisotopic (exact) mass is 336 g/mol. The van der Waals surface area contributed by atoms with Gasteiger partial charge < -0.3 is 14.5 Å². The number of thiophene rings is 1. The number of aromatic nitrogens is 1. The molecule has 2 aromatic carbocycles. The second kappa shape index (κ2) is 6.17. The third kappa shape index (κ3) is 3.00. The Morgan fingerprint density at radius 2 is 1.92 bits per heavy atom. The average molecular weight is 336 g/mol. The standard InChI is InChI=1S/C18H12N2O3S/c21-17(12-9-10-24-11-12)19-13-5-7-14(8-6-13)22-18-20-15-3-1-2-4-16(15)23-18/h1-11H,(H,19,21). The van der Waals surface area contributed by atoms with Crippen LogP contribution in [0.5, 0.6) is 11.8 Å². The van der Waals surface area contributed by atoms with Crippen LogP contribution in [0.25, 0.3) is 11.1 Å². The number of hydrogen-bond donors (Lipinski definition) is 1. The van der Waals surface area contributed by atoms with E-state index in [-0.39, 0.29) is 12.0 Å². The Bertz CT molecular complexity index is 942. The largest absolute Gasteiger partial charge is 0.411 e. The summed E-state index contributed by atoms with van der Waals surface area (Å²) in [6, 6.07) is 16.3. The fraction of sp³-hybridized carbons (Fsp3) is 0. The van der Waals surface area contributed by atoms with Gasteiger partial charge in [0.15, 0.2) is 5.58 Å². The summed E-state index contributed by atoms with van der Waals surface area (Å²) in [5, 5.41) is 6.50. The van der Waals surface area contributed by atoms with Gasteiger partial charge in [-0.3, -0.25) is 4.79 Å². The van der Waals surface area contributed by atoms with Crippen LogP contribution in [0.2, 0.25) is 0 Å². The molecule has 118 valence electrons. The summed E-state index contributed by atoms with van der Waals surface area (Å²) in [4.78, 5) is 16.2. The minimum atomic E-state index is -0.135. The van der Waals surface area contributed by atoms with E-state index in [0.29, 0.717) is 22.6 Å². The molecule has 0 radical (unpaired) electrons. The van der Waals surface area contributed by atoms with Crippen LogP contribution in [0.15, 0.2) is 69.8 Å². The molecule has 0 aliphatic rings. The quantitative estimate of drug-likeness (QED) is 0.573. The predicted octanol–water partition coefficient (Wildman–Crippen LogP) is 4.93. The summed E-state index contributed by atoms with van der Waals surface area (Å²) < 4.78 is 11.1. The van der Waals surface area contributed by atoms with Crippen LogP contribution in [0, 0.1) is 0 Å². The predicted molar refractivity (Wildman–Crippen MR) is 92.8 cm³/mol. The van der Waals surface area contributed by atoms with Gasteiger partial charge in [-0.1, -0.05) is 12.1 Å². The van der Waals surface area contributed by atoms with Crippen molar-refractivity contribution in [3.8, 4) is 11.8 Å². The van der Waals surface area contributed by atoms with Crippen molar-refractivity contribution in [1.82, 2.24) is 4.98 Å². The van der Waals surface area contributed by atoms with Gasteiger partial charge in [-0.15, -0.1) is 0 Å². The smallest absolute Gasteiger partial charge is 0.400 e. The highest BCUT2D eigenvalue weighted by molar-refractivity contribution is 7.08. The van der Waals surface area contributed by atoms with Gasteiger partial charge in [-0.05, 0) is 47.8 Å². The first-order valence-corrected chi connectivity index (χ1v) is 8.19. The van der Waals surface area contributed by atoms with Gasteiger partial charge in [0.2, 0.25) is 0 Å². The first-order valence-electron chi connectivity index (χ1n) is 7.25. The van der Waals surface area contributed by atoms with Crippen molar-refractivity contribution in [3.63, 3.8) is 0 Å². The molecular formula is C18H12N2O3S. The number of para-hydroxylation sites is 2. The highest BCUT2D eigenvalue weighted by Crippen LogP contribution is 2.26. The Morgan fingerprint density at radius 3 is 2.67 bits per heavy atom. The van der Waals surface area contributed by atoms with Crippen molar-refractivity contribution in [2.75, 3.05) is 5.32 Å². The lowest BCUT2D eigenvalue weighted by molar-refractivity contribution is 0.102. The minimum Gasteiger partial charge on any atom is -0.411 e. The zero-order valence-electron chi connectivity index (χ0n) is 12.4. The van der Waals surface area contributed by atoms with Crippen LogP contribution >= 0.6 is 11.3 Å². The van der Waals surface area contributed by atoms with E-state index in [9.17, 15) is 4.79 Å². The van der Waals surface area contributed by atoms with Crippen LogP contribution in [0.4, 0.5) is 5.69 Å². The second-order valence-corrected chi connectivity index (χ2v) is 5.82. The van der Waals surface area contributed by atoms with E-state index in [4.69, 9.17) is 9.15 Å². The van der Waals surface area contributed by atoms with Crippen molar-refractivity contribution in [2.45, 2.75) is 0 Å². The fourth-order valence-electron chi connectivity index (χ4n) is 2.20. The number of ether oxygens (including phenoxy) is 1. The molecule has 0 aliphatic heterocycles. The van der Waals surface area contributed by atoms with Gasteiger partial charge in [0.05, 0.1) is 5.56 Å². The molecule has 2 aromatic heterocycles. The van der Waals surface area contributed by atoms with Crippen LogP contribution in [0.1, 0.15) is 10.4 Å². The minimum absolute atomic E-state index is 0.135. The fourth-order valence-corrected chi connectivity index (χ4v) is 2.83. The number of fused-ring (bicyclic) bond motifs is 1. The molecule has 0 bridgehead atoms. The number of rotatable bonds is 4. The van der Waals surface area contributed by atoms with Gasteiger partial charge in [0, 0.05) is 11.1 Å². The van der Waals surface area contributed by atoms with E-state index in [1.54, 1.807) is 35.7 Å². The first-order chi connectivity index (χ1) is 11.8. The molecule has 4 aromatic rings. The molecule has 2 heterocycles. The first kappa shape index (κ1) is 14.5. The van der Waals surface area contributed by atoms with Gasteiger partial charge in [-0.2, -0.15) is 16.3 Å². The van der Waals surface area contributed by atoms with Crippen molar-refractivity contribution in [2.24, 2.45) is 0 Å². The van der Waals surface area contributed by atoms with E-state index in [1.165, 1.54) is 11.3 Å². The second-order valence-electron chi connectivity index (χ2n) is 5.04. The third-order valence-corrected chi connectivity index (χ3v) is 4.06. The van der Waals surface area contributed by atoms with Crippen LogP contribution < -0.4 is 10.1 Å². The molecule has 5 nitrogen and oxygen atoms in total. The summed E-state index contributed by atoms with van der Waals surface area (Å²) >= 11 is 1.49. The zero-order chi connectivity index (χ0) is 16.4. The molecule has 0 unspecified atom stereocenters. The van der Waals surface area contributed by atoms with Crippen LogP contribution in [0.3, 0.4) is 0 Å². The summed E-state index contributed by atoms with van der Waals surface area (Å²) in [6.45, 7) is 0. The maximum atomic E-state index is 12.0. The molecule has 6 heteroatoms. The lowest BCUT2D eigenvalue weighted by Crippen LogP contribution is -2.10. The molecule has 0 aliphatic carbocycles. The number of carbonyl (C=O) groups is 1. The highest BCUT2D eigenvalue weighted by atomic mass is 32.1. The van der Waals surface area contributed by atoms with Crippen molar-refractivity contribution < 1.29 is 13.9 Å². The average Bonchev–Trinajstić information content (AvgIpc) is 3.25. The Morgan fingerprint density at radius 1 is 1.08 bits per heavy atom. The number of oxazole rings is 1. The number of hydrogen-bond acceptors (Lipinski definition) is 5. The molecule has 4 rings (SSSR count). The molecule has 0 saturated heterocycles. The van der Waals surface area contributed by atoms with Gasteiger partial charge in [-0.25, -0.2) is 0 Å². The van der Waals surface area contributed by atoms with E-state index in [2.05, 4.69) is 10.3 Å². The molecular weight excluding hydrogens is 324 g/mol. The van der Waals surface area contributed by atoms with Crippen molar-refractivity contribution >= 4 is 34.0 Å². The summed E-state index contributed by atoms with van der Waals surface area (Å²) in [5.74, 6) is 0.443. The number of amides is 1. The number of nitrogens with one attached hydrogen (secondary N) is 1. The van der Waals surface area contributed by atoms with E-state index >= 15 is 0 Å². The van der Waals surface area contributed by atoms with Gasteiger partial charge in [0.1, 0.15) is 11.3 Å². The molecule has 0 saturated carbocycles. The molecule has 0 spiro atoms. The molecule has 1 N–H and O–H groups in total. The Labute approximate surface area is 141 Å². The van der Waals surface area contributed by atoms with Gasteiger partial charge in [0.25, 0.3) is 5.91 Å². The topological polar surface area (TPSA) is 64.4 Å². The lowest BCUT2D eigenvalue weighted by atomic mass is 10.2. The Balaban J connectivity index is 1.46. The van der Waals surface area contributed by atoms with Gasteiger partial charge >= 0.3 is 6.08 Å². The maximum absolute atomic E-state index is 12.0. The van der Waals surface area contributed by atoms with E-state index in [1.807, 2.05) is 29.6 Å². The summed E-state index contributed by atoms with van der Waals surface area (Å²) in [5.41, 5.74) is 2.75. The maximum Gasteiger partial charge on any atom is 0.400 e. The molecule has 24 heavy (non-hydrogen) atoms. The normalized spacial score (nSPS) is 10.7. The lowest BCUT2D eigenvalue weighted by Gasteiger charge is -2.05. The van der Waals surface area contributed by atoms with E-state index < -0.39 is 0 Å². The SMILES string of the molecule is O=C(Nc1ccc(Oc2nc3ccccc3o2)cc1)c1ccsc1. The number of nitrogens with zero attached hydrogens (tertiary/aromatic N) is 1. The van der Waals surface area contributed by atoms with E-state index in [0.717, 1.165) is 5.52 Å². The Hall–Kier alpha value is -3.12. The number of anilines is 1. The molecule has 0 atom stereocenters. The van der Waals surface area contributed by atoms with Crippen molar-refractivity contribution in [3.05, 3.63) is 70.9 Å². The summed E-state index contributed by atoms with van der Waals surface area (Å²) in [7, 11) is 0. The third-order valence-electron chi connectivity index (χ3n) is 3.37. The molecule has 1 amide bonds. The van der Waals surface area contributed by atoms with Crippen LogP contribution in [-0.2, 0) is 0 Å². The number of carbonyl (C=O) groups excluding carboxylic acids is 1. The zero-order valence-corrected chi connectivity index (χ0v) is 13.2. The number of benzene rings is 2. The van der Waals surface area contributed by atoms with Crippen molar-refractivity contribution in [1.29, 1.82) is 0 Å².